The van der Waals surface area contributed by atoms with Gasteiger partial charge in [-0.2, -0.15) is 0 Å². The standard InChI is InChI=1S/C9H19NO/c1-10-8-6-4-3-5-7-9(8)11-2/h8-10H,3-7H2,1-2H3/t8-,9+/m0/s1. The molecule has 1 aliphatic rings. The minimum absolute atomic E-state index is 0.447. The predicted molar refractivity (Wildman–Crippen MR) is 46.7 cm³/mol. The molecule has 0 heterocycles. The second-order valence-corrected chi connectivity index (χ2v) is 3.31. The molecule has 2 nitrogen and oxygen atoms in total. The maximum atomic E-state index is 5.41. The third-order valence-electron chi connectivity index (χ3n) is 2.63. The van der Waals surface area contributed by atoms with Crippen LogP contribution in [0.15, 0.2) is 0 Å². The Morgan fingerprint density at radius 1 is 1.18 bits per heavy atom. The van der Waals surface area contributed by atoms with E-state index in [1.807, 2.05) is 14.2 Å². The molecule has 11 heavy (non-hydrogen) atoms. The van der Waals surface area contributed by atoms with Gasteiger partial charge in [-0.25, -0.2) is 0 Å². The van der Waals surface area contributed by atoms with Gasteiger partial charge in [-0.15, -0.1) is 0 Å². The third kappa shape index (κ3) is 2.46. The number of hydrogen-bond acceptors (Lipinski definition) is 2. The molecular formula is C9H19NO. The van der Waals surface area contributed by atoms with E-state index in [1.165, 1.54) is 32.1 Å². The third-order valence-corrected chi connectivity index (χ3v) is 2.63. The first-order chi connectivity index (χ1) is 5.38. The van der Waals surface area contributed by atoms with Gasteiger partial charge in [0.05, 0.1) is 6.10 Å². The Kier molecular flexibility index (Phi) is 3.87. The predicted octanol–water partition coefficient (Wildman–Crippen LogP) is 1.55. The Morgan fingerprint density at radius 3 is 2.55 bits per heavy atom. The molecule has 66 valence electrons. The van der Waals surface area contributed by atoms with E-state index >= 15 is 0 Å². The highest BCUT2D eigenvalue weighted by Gasteiger charge is 2.21. The van der Waals surface area contributed by atoms with E-state index in [9.17, 15) is 0 Å². The lowest BCUT2D eigenvalue weighted by Crippen LogP contribution is -2.37. The molecule has 1 saturated carbocycles. The molecule has 0 aliphatic heterocycles. The lowest BCUT2D eigenvalue weighted by atomic mass is 10.1. The Bertz CT molecular complexity index is 93.7. The number of ether oxygens (including phenoxy) is 1. The first kappa shape index (κ1) is 9.01. The van der Waals surface area contributed by atoms with Gasteiger partial charge in [0.25, 0.3) is 0 Å². The van der Waals surface area contributed by atoms with Gasteiger partial charge in [0.15, 0.2) is 0 Å². The van der Waals surface area contributed by atoms with E-state index in [1.54, 1.807) is 0 Å². The Hall–Kier alpha value is -0.0800. The molecule has 0 spiro atoms. The Morgan fingerprint density at radius 2 is 1.91 bits per heavy atom. The highest BCUT2D eigenvalue weighted by Crippen LogP contribution is 2.19. The quantitative estimate of drug-likeness (QED) is 0.614. The monoisotopic (exact) mass is 157 g/mol. The van der Waals surface area contributed by atoms with E-state index in [2.05, 4.69) is 5.32 Å². The fraction of sp³-hybridized carbons (Fsp3) is 1.00. The van der Waals surface area contributed by atoms with Gasteiger partial charge in [-0.3, -0.25) is 0 Å². The van der Waals surface area contributed by atoms with Crippen LogP contribution < -0.4 is 5.32 Å². The van der Waals surface area contributed by atoms with Crippen LogP contribution in [-0.2, 0) is 4.74 Å². The van der Waals surface area contributed by atoms with Crippen molar-refractivity contribution in [2.75, 3.05) is 14.2 Å². The van der Waals surface area contributed by atoms with Gasteiger partial charge >= 0.3 is 0 Å². The highest BCUT2D eigenvalue weighted by molar-refractivity contribution is 4.78. The summed E-state index contributed by atoms with van der Waals surface area (Å²) in [7, 11) is 3.85. The largest absolute Gasteiger partial charge is 0.380 e. The molecule has 1 rings (SSSR count). The zero-order valence-electron chi connectivity index (χ0n) is 7.60. The molecular weight excluding hydrogens is 138 g/mol. The lowest BCUT2D eigenvalue weighted by molar-refractivity contribution is 0.0657. The van der Waals surface area contributed by atoms with Crippen LogP contribution in [0, 0.1) is 0 Å². The first-order valence-corrected chi connectivity index (χ1v) is 4.58. The Labute approximate surface area is 69.3 Å². The van der Waals surface area contributed by atoms with Crippen molar-refractivity contribution in [2.24, 2.45) is 0 Å². The molecule has 2 heteroatoms. The van der Waals surface area contributed by atoms with Gasteiger partial charge < -0.3 is 10.1 Å². The molecule has 0 bridgehead atoms. The molecule has 0 aromatic heterocycles. The van der Waals surface area contributed by atoms with Crippen molar-refractivity contribution in [3.63, 3.8) is 0 Å². The summed E-state index contributed by atoms with van der Waals surface area (Å²) in [5.41, 5.74) is 0. The van der Waals surface area contributed by atoms with Crippen LogP contribution in [0.5, 0.6) is 0 Å². The average Bonchev–Trinajstić information content (AvgIpc) is 2.27. The van der Waals surface area contributed by atoms with Gasteiger partial charge in [0.2, 0.25) is 0 Å². The summed E-state index contributed by atoms with van der Waals surface area (Å²) < 4.78 is 5.41. The molecule has 1 N–H and O–H groups in total. The van der Waals surface area contributed by atoms with Gasteiger partial charge in [-0.1, -0.05) is 19.3 Å². The molecule has 0 unspecified atom stereocenters. The van der Waals surface area contributed by atoms with Crippen molar-refractivity contribution in [1.29, 1.82) is 0 Å². The second-order valence-electron chi connectivity index (χ2n) is 3.31. The number of rotatable bonds is 2. The van der Waals surface area contributed by atoms with E-state index in [0.29, 0.717) is 12.1 Å². The summed E-state index contributed by atoms with van der Waals surface area (Å²) in [5.74, 6) is 0. The first-order valence-electron chi connectivity index (χ1n) is 4.58. The average molecular weight is 157 g/mol. The zero-order chi connectivity index (χ0) is 8.10. The fourth-order valence-corrected chi connectivity index (χ4v) is 1.89. The highest BCUT2D eigenvalue weighted by atomic mass is 16.5. The Balaban J connectivity index is 2.41. The summed E-state index contributed by atoms with van der Waals surface area (Å²) in [5, 5.41) is 3.32. The van der Waals surface area contributed by atoms with Crippen LogP contribution in [0.25, 0.3) is 0 Å². The van der Waals surface area contributed by atoms with E-state index in [0.717, 1.165) is 0 Å². The van der Waals surface area contributed by atoms with E-state index in [4.69, 9.17) is 4.74 Å². The van der Waals surface area contributed by atoms with Gasteiger partial charge in [0.1, 0.15) is 0 Å². The number of likely N-dealkylation sites (N-methyl/N-ethyl adjacent to an activating group) is 1. The normalized spacial score (nSPS) is 33.3. The number of methoxy groups -OCH3 is 1. The van der Waals surface area contributed by atoms with Crippen LogP contribution in [-0.4, -0.2) is 26.3 Å². The minimum atomic E-state index is 0.447. The van der Waals surface area contributed by atoms with Crippen molar-refractivity contribution in [1.82, 2.24) is 5.32 Å². The van der Waals surface area contributed by atoms with E-state index < -0.39 is 0 Å². The molecule has 0 aromatic carbocycles. The fourth-order valence-electron chi connectivity index (χ4n) is 1.89. The van der Waals surface area contributed by atoms with E-state index in [-0.39, 0.29) is 0 Å². The summed E-state index contributed by atoms with van der Waals surface area (Å²) in [6, 6.07) is 0.586. The SMILES string of the molecule is CN[C@H]1CCCCC[C@H]1OC. The van der Waals surface area contributed by atoms with Crippen molar-refractivity contribution in [3.8, 4) is 0 Å². The molecule has 0 radical (unpaired) electrons. The van der Waals surface area contributed by atoms with Crippen LogP contribution in [0.2, 0.25) is 0 Å². The molecule has 2 atom stereocenters. The molecule has 1 fully saturated rings. The van der Waals surface area contributed by atoms with Crippen LogP contribution in [0.4, 0.5) is 0 Å². The van der Waals surface area contributed by atoms with Crippen molar-refractivity contribution in [3.05, 3.63) is 0 Å². The van der Waals surface area contributed by atoms with Crippen molar-refractivity contribution in [2.45, 2.75) is 44.2 Å². The van der Waals surface area contributed by atoms with Crippen LogP contribution >= 0.6 is 0 Å². The zero-order valence-corrected chi connectivity index (χ0v) is 7.60. The lowest BCUT2D eigenvalue weighted by Gasteiger charge is -2.22. The maximum Gasteiger partial charge on any atom is 0.0724 e. The maximum absolute atomic E-state index is 5.41. The summed E-state index contributed by atoms with van der Waals surface area (Å²) in [6.45, 7) is 0. The molecule has 0 amide bonds. The summed E-state index contributed by atoms with van der Waals surface area (Å²) >= 11 is 0. The molecule has 0 saturated heterocycles. The number of nitrogens with one attached hydrogen (secondary N) is 1. The van der Waals surface area contributed by atoms with Gasteiger partial charge in [0, 0.05) is 13.2 Å². The van der Waals surface area contributed by atoms with Crippen LogP contribution in [0.1, 0.15) is 32.1 Å². The molecule has 1 aliphatic carbocycles. The van der Waals surface area contributed by atoms with Crippen molar-refractivity contribution >= 4 is 0 Å². The summed E-state index contributed by atoms with van der Waals surface area (Å²) in [4.78, 5) is 0. The second kappa shape index (κ2) is 4.73. The smallest absolute Gasteiger partial charge is 0.0724 e. The minimum Gasteiger partial charge on any atom is -0.380 e. The van der Waals surface area contributed by atoms with Crippen LogP contribution in [0.3, 0.4) is 0 Å². The number of hydrogen-bond donors (Lipinski definition) is 1. The van der Waals surface area contributed by atoms with Crippen molar-refractivity contribution < 1.29 is 4.74 Å². The topological polar surface area (TPSA) is 21.3 Å². The molecule has 0 aromatic rings. The van der Waals surface area contributed by atoms with Gasteiger partial charge in [-0.05, 0) is 19.9 Å². The summed E-state index contributed by atoms with van der Waals surface area (Å²) in [6.07, 6.45) is 7.00.